The highest BCUT2D eigenvalue weighted by molar-refractivity contribution is 9.10. The van der Waals surface area contributed by atoms with Crippen LogP contribution in [0.3, 0.4) is 0 Å². The van der Waals surface area contributed by atoms with Gasteiger partial charge in [0, 0.05) is 37.3 Å². The second-order valence-corrected chi connectivity index (χ2v) is 5.30. The molecule has 1 aromatic carbocycles. The fourth-order valence-electron chi connectivity index (χ4n) is 1.67. The Labute approximate surface area is 128 Å². The molecule has 0 heterocycles. The third-order valence-electron chi connectivity index (χ3n) is 2.70. The lowest BCUT2D eigenvalue weighted by molar-refractivity contribution is 0.190. The van der Waals surface area contributed by atoms with Gasteiger partial charge in [-0.3, -0.25) is 0 Å². The van der Waals surface area contributed by atoms with Gasteiger partial charge >= 0.3 is 0 Å². The van der Waals surface area contributed by atoms with Crippen LogP contribution in [0.2, 0.25) is 0 Å². The average Bonchev–Trinajstić information content (AvgIpc) is 2.39. The minimum absolute atomic E-state index is 0.396. The molecule has 0 bridgehead atoms. The Morgan fingerprint density at radius 1 is 1.26 bits per heavy atom. The van der Waals surface area contributed by atoms with Gasteiger partial charge < -0.3 is 20.1 Å². The van der Waals surface area contributed by atoms with E-state index in [4.69, 9.17) is 27.4 Å². The standard InChI is InChI=1S/C13H19BrN2O2S/c1-17-7-5-16(6-8-18-2)12-4-3-10(13(15)19)9-11(12)14/h3-4,9H,5-8H2,1-2H3,(H2,15,19). The van der Waals surface area contributed by atoms with Gasteiger partial charge in [-0.2, -0.15) is 0 Å². The summed E-state index contributed by atoms with van der Waals surface area (Å²) in [4.78, 5) is 2.59. The predicted molar refractivity (Wildman–Crippen MR) is 86.0 cm³/mol. The molecule has 0 aliphatic carbocycles. The van der Waals surface area contributed by atoms with Gasteiger partial charge in [0.25, 0.3) is 0 Å². The van der Waals surface area contributed by atoms with Gasteiger partial charge in [-0.05, 0) is 34.1 Å². The van der Waals surface area contributed by atoms with Crippen LogP contribution < -0.4 is 10.6 Å². The minimum Gasteiger partial charge on any atom is -0.389 e. The molecule has 106 valence electrons. The van der Waals surface area contributed by atoms with Gasteiger partial charge in [0.2, 0.25) is 0 Å². The third-order valence-corrected chi connectivity index (χ3v) is 3.57. The topological polar surface area (TPSA) is 47.7 Å². The zero-order valence-electron chi connectivity index (χ0n) is 11.2. The van der Waals surface area contributed by atoms with E-state index in [0.29, 0.717) is 18.2 Å². The molecule has 0 saturated heterocycles. The first-order valence-electron chi connectivity index (χ1n) is 5.92. The lowest BCUT2D eigenvalue weighted by Crippen LogP contribution is -2.31. The van der Waals surface area contributed by atoms with E-state index in [1.807, 2.05) is 18.2 Å². The molecule has 0 amide bonds. The van der Waals surface area contributed by atoms with Crippen LogP contribution in [0.15, 0.2) is 22.7 Å². The summed E-state index contributed by atoms with van der Waals surface area (Å²) >= 11 is 8.54. The highest BCUT2D eigenvalue weighted by Crippen LogP contribution is 2.27. The number of anilines is 1. The molecule has 0 aliphatic rings. The van der Waals surface area contributed by atoms with Crippen LogP contribution in [0.25, 0.3) is 0 Å². The molecule has 4 nitrogen and oxygen atoms in total. The minimum atomic E-state index is 0.396. The molecule has 1 rings (SSSR count). The fraction of sp³-hybridized carbons (Fsp3) is 0.462. The van der Waals surface area contributed by atoms with Crippen LogP contribution in [0.5, 0.6) is 0 Å². The van der Waals surface area contributed by atoms with Gasteiger partial charge in [0.05, 0.1) is 18.9 Å². The van der Waals surface area contributed by atoms with Crippen molar-refractivity contribution >= 4 is 38.8 Å². The van der Waals surface area contributed by atoms with Gasteiger partial charge in [-0.1, -0.05) is 12.2 Å². The number of hydrogen-bond acceptors (Lipinski definition) is 4. The van der Waals surface area contributed by atoms with E-state index in [2.05, 4.69) is 20.8 Å². The van der Waals surface area contributed by atoms with E-state index in [0.717, 1.165) is 28.8 Å². The summed E-state index contributed by atoms with van der Waals surface area (Å²) in [6.45, 7) is 2.91. The number of nitrogens with two attached hydrogens (primary N) is 1. The Morgan fingerprint density at radius 3 is 2.26 bits per heavy atom. The number of hydrogen-bond donors (Lipinski definition) is 1. The van der Waals surface area contributed by atoms with Crippen LogP contribution in [0.4, 0.5) is 5.69 Å². The molecule has 0 aliphatic heterocycles. The first-order valence-corrected chi connectivity index (χ1v) is 7.12. The van der Waals surface area contributed by atoms with Crippen molar-refractivity contribution < 1.29 is 9.47 Å². The maximum Gasteiger partial charge on any atom is 0.104 e. The molecular weight excluding hydrogens is 328 g/mol. The van der Waals surface area contributed by atoms with Crippen molar-refractivity contribution in [1.29, 1.82) is 0 Å². The van der Waals surface area contributed by atoms with Crippen LogP contribution in [-0.2, 0) is 9.47 Å². The van der Waals surface area contributed by atoms with E-state index < -0.39 is 0 Å². The molecule has 1 aromatic rings. The van der Waals surface area contributed by atoms with Gasteiger partial charge in [-0.25, -0.2) is 0 Å². The van der Waals surface area contributed by atoms with E-state index >= 15 is 0 Å². The Morgan fingerprint density at radius 2 is 1.84 bits per heavy atom. The maximum absolute atomic E-state index is 5.63. The van der Waals surface area contributed by atoms with E-state index in [1.165, 1.54) is 0 Å². The van der Waals surface area contributed by atoms with Gasteiger partial charge in [0.1, 0.15) is 4.99 Å². The monoisotopic (exact) mass is 346 g/mol. The average molecular weight is 347 g/mol. The first-order chi connectivity index (χ1) is 9.10. The summed E-state index contributed by atoms with van der Waals surface area (Å²) in [5.74, 6) is 0. The largest absolute Gasteiger partial charge is 0.389 e. The molecule has 2 N–H and O–H groups in total. The molecule has 0 spiro atoms. The fourth-order valence-corrected chi connectivity index (χ4v) is 2.43. The van der Waals surface area contributed by atoms with E-state index in [9.17, 15) is 0 Å². The molecule has 0 radical (unpaired) electrons. The van der Waals surface area contributed by atoms with Crippen LogP contribution in [0.1, 0.15) is 5.56 Å². The third kappa shape index (κ3) is 5.06. The molecule has 6 heteroatoms. The number of ether oxygens (including phenoxy) is 2. The predicted octanol–water partition coefficient (Wildman–Crippen LogP) is 2.18. The summed E-state index contributed by atoms with van der Waals surface area (Å²) in [5.41, 5.74) is 7.56. The molecule has 19 heavy (non-hydrogen) atoms. The molecule has 0 aromatic heterocycles. The Bertz CT molecular complexity index is 421. The van der Waals surface area contributed by atoms with Crippen molar-refractivity contribution in [3.63, 3.8) is 0 Å². The van der Waals surface area contributed by atoms with Crippen molar-refractivity contribution in [2.24, 2.45) is 5.73 Å². The van der Waals surface area contributed by atoms with Crippen LogP contribution in [-0.4, -0.2) is 45.5 Å². The lowest BCUT2D eigenvalue weighted by Gasteiger charge is -2.25. The summed E-state index contributed by atoms with van der Waals surface area (Å²) in [6.07, 6.45) is 0. The normalized spacial score (nSPS) is 10.5. The molecule has 0 unspecified atom stereocenters. The number of nitrogens with zero attached hydrogens (tertiary/aromatic N) is 1. The number of methoxy groups -OCH3 is 2. The van der Waals surface area contributed by atoms with Gasteiger partial charge in [0.15, 0.2) is 0 Å². The van der Waals surface area contributed by atoms with Crippen molar-refractivity contribution in [1.82, 2.24) is 0 Å². The second-order valence-electron chi connectivity index (χ2n) is 4.00. The first kappa shape index (κ1) is 16.4. The van der Waals surface area contributed by atoms with Crippen molar-refractivity contribution in [3.8, 4) is 0 Å². The van der Waals surface area contributed by atoms with Crippen LogP contribution in [0, 0.1) is 0 Å². The van der Waals surface area contributed by atoms with Crippen molar-refractivity contribution in [3.05, 3.63) is 28.2 Å². The molecular formula is C13H19BrN2O2S. The zero-order valence-corrected chi connectivity index (χ0v) is 13.6. The number of halogens is 1. The van der Waals surface area contributed by atoms with Crippen LogP contribution >= 0.6 is 28.1 Å². The molecule has 0 fully saturated rings. The second kappa shape index (κ2) is 8.47. The Kier molecular flexibility index (Phi) is 7.30. The maximum atomic E-state index is 5.63. The SMILES string of the molecule is COCCN(CCOC)c1ccc(C(N)=S)cc1Br. The lowest BCUT2D eigenvalue weighted by atomic mass is 10.2. The summed E-state index contributed by atoms with van der Waals surface area (Å²) in [5, 5.41) is 0. The Balaban J connectivity index is 2.90. The quantitative estimate of drug-likeness (QED) is 0.731. The highest BCUT2D eigenvalue weighted by atomic mass is 79.9. The zero-order chi connectivity index (χ0) is 14.3. The number of benzene rings is 1. The van der Waals surface area contributed by atoms with Crippen molar-refractivity contribution in [2.45, 2.75) is 0 Å². The summed E-state index contributed by atoms with van der Waals surface area (Å²) in [7, 11) is 3.39. The van der Waals surface area contributed by atoms with Crippen molar-refractivity contribution in [2.75, 3.05) is 45.4 Å². The number of rotatable bonds is 8. The van der Waals surface area contributed by atoms with E-state index in [1.54, 1.807) is 14.2 Å². The summed E-state index contributed by atoms with van der Waals surface area (Å²) < 4.78 is 11.2. The number of thiocarbonyl (C=S) groups is 1. The highest BCUT2D eigenvalue weighted by Gasteiger charge is 2.11. The Hall–Kier alpha value is -0.690. The smallest absolute Gasteiger partial charge is 0.104 e. The molecule has 0 saturated carbocycles. The molecule has 0 atom stereocenters. The van der Waals surface area contributed by atoms with E-state index in [-0.39, 0.29) is 0 Å². The summed E-state index contributed by atoms with van der Waals surface area (Å²) in [6, 6.07) is 5.86. The van der Waals surface area contributed by atoms with Gasteiger partial charge in [-0.15, -0.1) is 0 Å².